The van der Waals surface area contributed by atoms with Crippen LogP contribution in [0.5, 0.6) is 0 Å². The predicted octanol–water partition coefficient (Wildman–Crippen LogP) is 2.90. The van der Waals surface area contributed by atoms with Gasteiger partial charge in [-0.2, -0.15) is 0 Å². The molecule has 3 rings (SSSR count). The van der Waals surface area contributed by atoms with E-state index in [0.717, 1.165) is 19.4 Å². The van der Waals surface area contributed by atoms with Gasteiger partial charge in [-0.25, -0.2) is 0 Å². The van der Waals surface area contributed by atoms with Gasteiger partial charge in [-0.3, -0.25) is 11.3 Å². The number of benzene rings is 2. The highest BCUT2D eigenvalue weighted by molar-refractivity contribution is 5.31. The number of fused-ring (bicyclic) bond motifs is 1. The molecule has 0 fully saturated rings. The second-order valence-corrected chi connectivity index (χ2v) is 5.17. The highest BCUT2D eigenvalue weighted by atomic mass is 16.5. The lowest BCUT2D eigenvalue weighted by atomic mass is 9.91. The fourth-order valence-electron chi connectivity index (χ4n) is 2.87. The minimum Gasteiger partial charge on any atom is -0.373 e. The van der Waals surface area contributed by atoms with Crippen LogP contribution in [-0.4, -0.2) is 6.61 Å². The van der Waals surface area contributed by atoms with Crippen molar-refractivity contribution in [2.75, 3.05) is 6.61 Å². The molecule has 1 heterocycles. The number of hydrazine groups is 1. The van der Waals surface area contributed by atoms with Crippen molar-refractivity contribution in [3.8, 4) is 0 Å². The zero-order valence-corrected chi connectivity index (χ0v) is 11.5. The van der Waals surface area contributed by atoms with Crippen LogP contribution in [0.4, 0.5) is 0 Å². The third-order valence-electron chi connectivity index (χ3n) is 3.95. The molecule has 2 unspecified atom stereocenters. The van der Waals surface area contributed by atoms with Gasteiger partial charge in [0.1, 0.15) is 0 Å². The molecule has 3 nitrogen and oxygen atoms in total. The average molecular weight is 268 g/mol. The summed E-state index contributed by atoms with van der Waals surface area (Å²) in [6, 6.07) is 18.9. The fraction of sp³-hybridized carbons (Fsp3) is 0.294. The van der Waals surface area contributed by atoms with Crippen molar-refractivity contribution in [1.29, 1.82) is 0 Å². The predicted molar refractivity (Wildman–Crippen MR) is 80.0 cm³/mol. The summed E-state index contributed by atoms with van der Waals surface area (Å²) in [5.41, 5.74) is 6.81. The largest absolute Gasteiger partial charge is 0.373 e. The van der Waals surface area contributed by atoms with Crippen molar-refractivity contribution < 1.29 is 4.74 Å². The van der Waals surface area contributed by atoms with Gasteiger partial charge in [0.2, 0.25) is 0 Å². The summed E-state index contributed by atoms with van der Waals surface area (Å²) in [7, 11) is 0. The molecule has 0 saturated carbocycles. The third-order valence-corrected chi connectivity index (χ3v) is 3.95. The molecule has 3 heteroatoms. The number of hydrogen-bond donors (Lipinski definition) is 2. The molecule has 0 amide bonds. The van der Waals surface area contributed by atoms with Crippen molar-refractivity contribution in [2.45, 2.75) is 25.0 Å². The van der Waals surface area contributed by atoms with E-state index in [-0.39, 0.29) is 12.1 Å². The monoisotopic (exact) mass is 268 g/mol. The summed E-state index contributed by atoms with van der Waals surface area (Å²) in [5, 5.41) is 0. The lowest BCUT2D eigenvalue weighted by Gasteiger charge is -2.29. The quantitative estimate of drug-likeness (QED) is 0.662. The molecule has 3 N–H and O–H groups in total. The van der Waals surface area contributed by atoms with E-state index >= 15 is 0 Å². The molecule has 1 aliphatic heterocycles. The minimum absolute atomic E-state index is 0.104. The topological polar surface area (TPSA) is 47.3 Å². The normalized spacial score (nSPS) is 19.4. The molecule has 0 radical (unpaired) electrons. The molecule has 20 heavy (non-hydrogen) atoms. The first-order chi connectivity index (χ1) is 9.88. The first kappa shape index (κ1) is 13.3. The Kier molecular flexibility index (Phi) is 4.11. The Hall–Kier alpha value is -1.68. The van der Waals surface area contributed by atoms with Crippen LogP contribution in [0, 0.1) is 0 Å². The molecule has 0 bridgehead atoms. The van der Waals surface area contributed by atoms with E-state index in [0.29, 0.717) is 0 Å². The number of rotatable bonds is 4. The van der Waals surface area contributed by atoms with Crippen LogP contribution in [0.3, 0.4) is 0 Å². The van der Waals surface area contributed by atoms with E-state index in [1.165, 1.54) is 16.7 Å². The maximum Gasteiger partial charge on any atom is 0.0846 e. The van der Waals surface area contributed by atoms with Crippen LogP contribution in [-0.2, 0) is 11.2 Å². The SMILES string of the molecule is NNC(CC1OCCc2ccccc21)c1ccccc1. The molecule has 1 aliphatic rings. The molecule has 2 atom stereocenters. The van der Waals surface area contributed by atoms with E-state index in [2.05, 4.69) is 41.8 Å². The smallest absolute Gasteiger partial charge is 0.0846 e. The van der Waals surface area contributed by atoms with Crippen LogP contribution < -0.4 is 11.3 Å². The van der Waals surface area contributed by atoms with E-state index in [9.17, 15) is 0 Å². The molecule has 0 saturated heterocycles. The van der Waals surface area contributed by atoms with Gasteiger partial charge >= 0.3 is 0 Å². The van der Waals surface area contributed by atoms with Gasteiger partial charge in [-0.05, 0) is 29.5 Å². The zero-order chi connectivity index (χ0) is 13.8. The fourth-order valence-corrected chi connectivity index (χ4v) is 2.87. The van der Waals surface area contributed by atoms with Gasteiger partial charge in [-0.15, -0.1) is 0 Å². The number of nitrogens with two attached hydrogens (primary N) is 1. The number of ether oxygens (including phenoxy) is 1. The van der Waals surface area contributed by atoms with Crippen LogP contribution in [0.1, 0.15) is 35.3 Å². The summed E-state index contributed by atoms with van der Waals surface area (Å²) in [6.45, 7) is 0.785. The molecular weight excluding hydrogens is 248 g/mol. The van der Waals surface area contributed by atoms with Crippen LogP contribution in [0.2, 0.25) is 0 Å². The molecule has 0 spiro atoms. The Morgan fingerprint density at radius 1 is 1.10 bits per heavy atom. The third kappa shape index (κ3) is 2.75. The minimum atomic E-state index is 0.104. The van der Waals surface area contributed by atoms with E-state index in [4.69, 9.17) is 10.6 Å². The van der Waals surface area contributed by atoms with Crippen molar-refractivity contribution >= 4 is 0 Å². The number of nitrogens with one attached hydrogen (secondary N) is 1. The van der Waals surface area contributed by atoms with Gasteiger partial charge < -0.3 is 4.74 Å². The summed E-state index contributed by atoms with van der Waals surface area (Å²) in [6.07, 6.45) is 1.96. The first-order valence-corrected chi connectivity index (χ1v) is 7.09. The zero-order valence-electron chi connectivity index (χ0n) is 11.5. The summed E-state index contributed by atoms with van der Waals surface area (Å²) in [4.78, 5) is 0. The average Bonchev–Trinajstić information content (AvgIpc) is 2.53. The number of hydrogen-bond acceptors (Lipinski definition) is 3. The standard InChI is InChI=1S/C17H20N2O/c18-19-16(14-7-2-1-3-8-14)12-17-15-9-5-4-6-13(15)10-11-20-17/h1-9,16-17,19H,10-12,18H2. The summed E-state index contributed by atoms with van der Waals surface area (Å²) in [5.74, 6) is 5.74. The highest BCUT2D eigenvalue weighted by Crippen LogP contribution is 2.33. The molecule has 2 aromatic rings. The van der Waals surface area contributed by atoms with Crippen LogP contribution >= 0.6 is 0 Å². The second kappa shape index (κ2) is 6.18. The van der Waals surface area contributed by atoms with Gasteiger partial charge in [-0.1, -0.05) is 54.6 Å². The van der Waals surface area contributed by atoms with Crippen molar-refractivity contribution in [1.82, 2.24) is 5.43 Å². The Balaban J connectivity index is 1.81. The van der Waals surface area contributed by atoms with Crippen molar-refractivity contribution in [3.63, 3.8) is 0 Å². The molecular formula is C17H20N2O. The van der Waals surface area contributed by atoms with Crippen molar-refractivity contribution in [2.24, 2.45) is 5.84 Å². The summed E-state index contributed by atoms with van der Waals surface area (Å²) < 4.78 is 5.96. The molecule has 0 aromatic heterocycles. The highest BCUT2D eigenvalue weighted by Gasteiger charge is 2.24. The van der Waals surface area contributed by atoms with Gasteiger partial charge in [0.05, 0.1) is 12.7 Å². The Morgan fingerprint density at radius 2 is 1.85 bits per heavy atom. The maximum absolute atomic E-state index is 5.96. The van der Waals surface area contributed by atoms with Gasteiger partial charge in [0.25, 0.3) is 0 Å². The van der Waals surface area contributed by atoms with Gasteiger partial charge in [0, 0.05) is 6.04 Å². The first-order valence-electron chi connectivity index (χ1n) is 7.09. The summed E-state index contributed by atoms with van der Waals surface area (Å²) >= 11 is 0. The molecule has 2 aromatic carbocycles. The maximum atomic E-state index is 5.96. The van der Waals surface area contributed by atoms with E-state index < -0.39 is 0 Å². The van der Waals surface area contributed by atoms with Crippen LogP contribution in [0.25, 0.3) is 0 Å². The Labute approximate surface area is 119 Å². The van der Waals surface area contributed by atoms with E-state index in [1.54, 1.807) is 0 Å². The molecule has 0 aliphatic carbocycles. The lowest BCUT2D eigenvalue weighted by molar-refractivity contribution is 0.0293. The Bertz CT molecular complexity index is 556. The Morgan fingerprint density at radius 3 is 2.65 bits per heavy atom. The second-order valence-electron chi connectivity index (χ2n) is 5.17. The van der Waals surface area contributed by atoms with Crippen molar-refractivity contribution in [3.05, 3.63) is 71.3 Å². The van der Waals surface area contributed by atoms with Gasteiger partial charge in [0.15, 0.2) is 0 Å². The lowest BCUT2D eigenvalue weighted by Crippen LogP contribution is -2.30. The van der Waals surface area contributed by atoms with Crippen LogP contribution in [0.15, 0.2) is 54.6 Å². The molecule has 104 valence electrons. The van der Waals surface area contributed by atoms with E-state index in [1.807, 2.05) is 18.2 Å².